The van der Waals surface area contributed by atoms with Crippen LogP contribution in [0, 0.1) is 11.2 Å². The van der Waals surface area contributed by atoms with E-state index in [0.29, 0.717) is 30.8 Å². The molecule has 1 amide bonds. The predicted octanol–water partition coefficient (Wildman–Crippen LogP) is 3.63. The second-order valence-corrected chi connectivity index (χ2v) is 8.34. The Hall–Kier alpha value is -2.47. The Morgan fingerprint density at radius 1 is 1.10 bits per heavy atom. The minimum absolute atomic E-state index is 0.190. The average molecular weight is 397 g/mol. The van der Waals surface area contributed by atoms with E-state index in [2.05, 4.69) is 9.88 Å². The number of methoxy groups -OCH3 is 1. The van der Waals surface area contributed by atoms with Gasteiger partial charge in [0.25, 0.3) is 0 Å². The van der Waals surface area contributed by atoms with Crippen LogP contribution in [-0.4, -0.2) is 47.4 Å². The molecule has 154 valence electrons. The number of halogens is 1. The molecular weight excluding hydrogens is 369 g/mol. The van der Waals surface area contributed by atoms with Crippen LogP contribution in [-0.2, 0) is 17.9 Å². The van der Waals surface area contributed by atoms with Gasteiger partial charge in [-0.25, -0.2) is 4.39 Å². The van der Waals surface area contributed by atoms with Crippen LogP contribution in [0.25, 0.3) is 0 Å². The van der Waals surface area contributed by atoms with Gasteiger partial charge in [-0.05, 0) is 61.5 Å². The molecule has 0 N–H and O–H groups in total. The molecule has 1 aromatic carbocycles. The zero-order valence-corrected chi connectivity index (χ0v) is 16.9. The van der Waals surface area contributed by atoms with Crippen molar-refractivity contribution in [3.05, 3.63) is 59.7 Å². The van der Waals surface area contributed by atoms with Gasteiger partial charge in [0.05, 0.1) is 7.11 Å². The van der Waals surface area contributed by atoms with Gasteiger partial charge in [-0.15, -0.1) is 0 Å². The molecule has 5 nitrogen and oxygen atoms in total. The number of piperidine rings is 2. The summed E-state index contributed by atoms with van der Waals surface area (Å²) in [5, 5.41) is 0. The third kappa shape index (κ3) is 4.58. The maximum atomic E-state index is 14.3. The lowest BCUT2D eigenvalue weighted by molar-refractivity contribution is -0.140. The molecule has 6 heteroatoms. The minimum atomic E-state index is -0.212. The van der Waals surface area contributed by atoms with Crippen LogP contribution in [0.3, 0.4) is 0 Å². The summed E-state index contributed by atoms with van der Waals surface area (Å²) in [5.41, 5.74) is 2.02. The van der Waals surface area contributed by atoms with Gasteiger partial charge in [0.1, 0.15) is 11.6 Å². The summed E-state index contributed by atoms with van der Waals surface area (Å²) in [4.78, 5) is 20.9. The first-order valence-electron chi connectivity index (χ1n) is 10.3. The van der Waals surface area contributed by atoms with E-state index < -0.39 is 0 Å². The minimum Gasteiger partial charge on any atom is -0.497 e. The Bertz CT molecular complexity index is 850. The molecule has 0 atom stereocenters. The fourth-order valence-electron chi connectivity index (χ4n) is 4.57. The number of hydrogen-bond acceptors (Lipinski definition) is 4. The van der Waals surface area contributed by atoms with Crippen molar-refractivity contribution < 1.29 is 13.9 Å². The van der Waals surface area contributed by atoms with Crippen molar-refractivity contribution >= 4 is 5.91 Å². The highest BCUT2D eigenvalue weighted by molar-refractivity contribution is 5.77. The van der Waals surface area contributed by atoms with Crippen LogP contribution >= 0.6 is 0 Å². The van der Waals surface area contributed by atoms with Crippen molar-refractivity contribution in [1.29, 1.82) is 0 Å². The van der Waals surface area contributed by atoms with Crippen LogP contribution in [0.5, 0.6) is 5.75 Å². The van der Waals surface area contributed by atoms with Crippen molar-refractivity contribution in [2.75, 3.05) is 26.7 Å². The molecule has 0 aliphatic carbocycles. The van der Waals surface area contributed by atoms with Crippen LogP contribution in [0.4, 0.5) is 4.39 Å². The lowest BCUT2D eigenvalue weighted by Crippen LogP contribution is -2.51. The van der Waals surface area contributed by atoms with Crippen molar-refractivity contribution in [2.24, 2.45) is 5.41 Å². The molecular formula is C23H28FN3O2. The van der Waals surface area contributed by atoms with Crippen LogP contribution in [0.15, 0.2) is 42.7 Å². The third-order valence-electron chi connectivity index (χ3n) is 6.44. The first-order chi connectivity index (χ1) is 14.1. The number of ether oxygens (including phenoxy) is 1. The summed E-state index contributed by atoms with van der Waals surface area (Å²) in [6, 6.07) is 9.02. The lowest BCUT2D eigenvalue weighted by atomic mass is 9.72. The maximum Gasteiger partial charge on any atom is 0.222 e. The fourth-order valence-corrected chi connectivity index (χ4v) is 4.57. The molecule has 2 fully saturated rings. The first-order valence-corrected chi connectivity index (χ1v) is 10.3. The summed E-state index contributed by atoms with van der Waals surface area (Å²) >= 11 is 0. The van der Waals surface area contributed by atoms with Crippen molar-refractivity contribution in [2.45, 2.75) is 38.8 Å². The van der Waals surface area contributed by atoms with E-state index in [0.717, 1.165) is 44.5 Å². The number of amides is 1. The number of benzene rings is 1. The number of carbonyl (C=O) groups excluding carboxylic acids is 1. The summed E-state index contributed by atoms with van der Waals surface area (Å²) in [7, 11) is 1.55. The number of hydrogen-bond donors (Lipinski definition) is 0. The standard InChI is InChI=1S/C23H28FN3O2/c1-29-20-3-2-19(21(24)14-20)16-26-12-8-23(9-13-26)7-4-22(28)27(17-23)15-18-5-10-25-11-6-18/h2-3,5-6,10-11,14H,4,7-9,12-13,15-17H2,1H3. The molecule has 2 aromatic rings. The van der Waals surface area contributed by atoms with E-state index in [1.54, 1.807) is 19.5 Å². The molecule has 3 heterocycles. The smallest absolute Gasteiger partial charge is 0.222 e. The number of aromatic nitrogens is 1. The highest BCUT2D eigenvalue weighted by atomic mass is 19.1. The molecule has 2 saturated heterocycles. The first kappa shape index (κ1) is 19.8. The molecule has 1 spiro atoms. The maximum absolute atomic E-state index is 14.3. The van der Waals surface area contributed by atoms with Crippen LogP contribution in [0.2, 0.25) is 0 Å². The highest BCUT2D eigenvalue weighted by Gasteiger charge is 2.40. The Morgan fingerprint density at radius 3 is 2.55 bits per heavy atom. The average Bonchev–Trinajstić information content (AvgIpc) is 2.75. The van der Waals surface area contributed by atoms with Crippen molar-refractivity contribution in [3.63, 3.8) is 0 Å². The molecule has 29 heavy (non-hydrogen) atoms. The topological polar surface area (TPSA) is 45.7 Å². The molecule has 0 bridgehead atoms. The van der Waals surface area contributed by atoms with Gasteiger partial charge < -0.3 is 9.64 Å². The molecule has 0 radical (unpaired) electrons. The largest absolute Gasteiger partial charge is 0.497 e. The van der Waals surface area contributed by atoms with Crippen molar-refractivity contribution in [1.82, 2.24) is 14.8 Å². The number of carbonyl (C=O) groups is 1. The summed E-state index contributed by atoms with van der Waals surface area (Å²) in [6.45, 7) is 3.96. The summed E-state index contributed by atoms with van der Waals surface area (Å²) in [5.74, 6) is 0.580. The summed E-state index contributed by atoms with van der Waals surface area (Å²) < 4.78 is 19.4. The second kappa shape index (κ2) is 8.49. The fraction of sp³-hybridized carbons (Fsp3) is 0.478. The Morgan fingerprint density at radius 2 is 1.86 bits per heavy atom. The molecule has 2 aliphatic rings. The lowest BCUT2D eigenvalue weighted by Gasteiger charge is -2.47. The number of nitrogens with zero attached hydrogens (tertiary/aromatic N) is 3. The third-order valence-corrected chi connectivity index (χ3v) is 6.44. The Kier molecular flexibility index (Phi) is 5.81. The van der Waals surface area contributed by atoms with E-state index in [1.807, 2.05) is 29.2 Å². The van der Waals surface area contributed by atoms with Gasteiger partial charge in [-0.1, -0.05) is 6.07 Å². The van der Waals surface area contributed by atoms with Gasteiger partial charge >= 0.3 is 0 Å². The molecule has 0 unspecified atom stereocenters. The highest BCUT2D eigenvalue weighted by Crippen LogP contribution is 2.41. The van der Waals surface area contributed by atoms with Gasteiger partial charge in [-0.3, -0.25) is 14.7 Å². The normalized spacial score (nSPS) is 19.5. The SMILES string of the molecule is COc1ccc(CN2CCC3(CCC(=O)N(Cc4ccncc4)C3)CC2)c(F)c1. The van der Waals surface area contributed by atoms with E-state index in [4.69, 9.17) is 4.74 Å². The van der Waals surface area contributed by atoms with E-state index >= 15 is 0 Å². The van der Waals surface area contributed by atoms with Gasteiger partial charge in [0, 0.05) is 50.1 Å². The Balaban J connectivity index is 1.36. The van der Waals surface area contributed by atoms with Gasteiger partial charge in [0.2, 0.25) is 5.91 Å². The number of pyridine rings is 1. The monoisotopic (exact) mass is 397 g/mol. The van der Waals surface area contributed by atoms with E-state index in [9.17, 15) is 9.18 Å². The van der Waals surface area contributed by atoms with E-state index in [1.165, 1.54) is 6.07 Å². The predicted molar refractivity (Wildman–Crippen MR) is 109 cm³/mol. The molecule has 4 rings (SSSR count). The quantitative estimate of drug-likeness (QED) is 0.773. The number of rotatable bonds is 5. The van der Waals surface area contributed by atoms with Crippen molar-refractivity contribution in [3.8, 4) is 5.75 Å². The second-order valence-electron chi connectivity index (χ2n) is 8.34. The molecule has 1 aromatic heterocycles. The summed E-state index contributed by atoms with van der Waals surface area (Å²) in [6.07, 6.45) is 7.23. The van der Waals surface area contributed by atoms with Crippen LogP contribution in [0.1, 0.15) is 36.8 Å². The molecule has 0 saturated carbocycles. The van der Waals surface area contributed by atoms with Gasteiger partial charge in [-0.2, -0.15) is 0 Å². The zero-order chi connectivity index (χ0) is 20.3. The molecule has 2 aliphatic heterocycles. The van der Waals surface area contributed by atoms with E-state index in [-0.39, 0.29) is 17.1 Å². The van der Waals surface area contributed by atoms with Crippen LogP contribution < -0.4 is 4.74 Å². The number of likely N-dealkylation sites (tertiary alicyclic amines) is 2. The Labute approximate surface area is 171 Å². The van der Waals surface area contributed by atoms with Gasteiger partial charge in [0.15, 0.2) is 0 Å². The zero-order valence-electron chi connectivity index (χ0n) is 16.9.